The summed E-state index contributed by atoms with van der Waals surface area (Å²) in [4.78, 5) is 24.2. The van der Waals surface area contributed by atoms with Crippen LogP contribution in [0, 0.1) is 0 Å². The van der Waals surface area contributed by atoms with E-state index >= 15 is 0 Å². The first-order valence-corrected chi connectivity index (χ1v) is 9.11. The van der Waals surface area contributed by atoms with Gasteiger partial charge in [0.05, 0.1) is 7.11 Å². The third-order valence-corrected chi connectivity index (χ3v) is 4.39. The average Bonchev–Trinajstić information content (AvgIpc) is 2.65. The zero-order valence-electron chi connectivity index (χ0n) is 14.8. The molecule has 0 aliphatic rings. The Hall–Kier alpha value is -2.73. The summed E-state index contributed by atoms with van der Waals surface area (Å²) in [7, 11) is 1.57. The van der Waals surface area contributed by atoms with E-state index < -0.39 is 12.1 Å². The predicted molar refractivity (Wildman–Crippen MR) is 102 cm³/mol. The first kappa shape index (κ1) is 19.6. The molecule has 136 valence electrons. The van der Waals surface area contributed by atoms with Gasteiger partial charge in [-0.3, -0.25) is 4.79 Å². The van der Waals surface area contributed by atoms with Crippen molar-refractivity contribution >= 4 is 29.6 Å². The van der Waals surface area contributed by atoms with Gasteiger partial charge in [0.2, 0.25) is 0 Å². The number of hydrogen-bond donors (Lipinski definition) is 1. The van der Waals surface area contributed by atoms with Gasteiger partial charge in [0.15, 0.2) is 11.9 Å². The summed E-state index contributed by atoms with van der Waals surface area (Å²) in [5.41, 5.74) is 1.27. The van der Waals surface area contributed by atoms with E-state index in [0.29, 0.717) is 17.1 Å². The molecule has 5 nitrogen and oxygen atoms in total. The van der Waals surface area contributed by atoms with Crippen LogP contribution in [0.1, 0.15) is 22.8 Å². The second-order valence-corrected chi connectivity index (χ2v) is 6.29. The molecule has 0 aromatic heterocycles. The van der Waals surface area contributed by atoms with Crippen LogP contribution in [-0.4, -0.2) is 36.3 Å². The number of carboxylic acid groups (broad SMARTS) is 1. The Kier molecular flexibility index (Phi) is 6.86. The van der Waals surface area contributed by atoms with E-state index in [1.54, 1.807) is 61.3 Å². The number of ether oxygens (including phenoxy) is 2. The Morgan fingerprint density at radius 1 is 1.19 bits per heavy atom. The quantitative estimate of drug-likeness (QED) is 0.426. The largest absolute Gasteiger partial charge is 0.496 e. The minimum Gasteiger partial charge on any atom is -0.496 e. The molecule has 2 aromatic rings. The van der Waals surface area contributed by atoms with Crippen LogP contribution in [0.3, 0.4) is 0 Å². The number of hydrogen-bond acceptors (Lipinski definition) is 5. The Labute approximate surface area is 156 Å². The molecule has 0 aliphatic carbocycles. The lowest BCUT2D eigenvalue weighted by Crippen LogP contribution is -2.22. The van der Waals surface area contributed by atoms with E-state index in [-0.39, 0.29) is 5.78 Å². The van der Waals surface area contributed by atoms with Crippen molar-refractivity contribution in [3.05, 3.63) is 59.7 Å². The van der Waals surface area contributed by atoms with E-state index in [1.165, 1.54) is 13.0 Å². The molecule has 6 heteroatoms. The van der Waals surface area contributed by atoms with Crippen molar-refractivity contribution in [3.8, 4) is 11.5 Å². The predicted octanol–water partition coefficient (Wildman–Crippen LogP) is 4.17. The maximum absolute atomic E-state index is 12.4. The smallest absolute Gasteiger partial charge is 0.344 e. The standard InChI is InChI=1S/C20H20O5S/c1-13(20(22)23)25-16-6-4-5-14(11-16)7-9-17(21)15-8-10-19(26-3)18(12-15)24-2/h4-13H,1-3H3,(H,22,23)/b9-7+. The summed E-state index contributed by atoms with van der Waals surface area (Å²) >= 11 is 1.55. The second-order valence-electron chi connectivity index (χ2n) is 5.44. The van der Waals surface area contributed by atoms with Crippen LogP contribution < -0.4 is 9.47 Å². The third-order valence-electron chi connectivity index (χ3n) is 3.61. The van der Waals surface area contributed by atoms with Crippen molar-refractivity contribution in [2.75, 3.05) is 13.4 Å². The Balaban J connectivity index is 2.14. The summed E-state index contributed by atoms with van der Waals surface area (Å²) < 4.78 is 10.6. The van der Waals surface area contributed by atoms with Gasteiger partial charge in [0, 0.05) is 10.5 Å². The number of thioether (sulfide) groups is 1. The van der Waals surface area contributed by atoms with Gasteiger partial charge in [-0.15, -0.1) is 11.8 Å². The number of benzene rings is 2. The number of aliphatic carboxylic acids is 1. The summed E-state index contributed by atoms with van der Waals surface area (Å²) in [5.74, 6) is -0.0970. The molecule has 2 aromatic carbocycles. The van der Waals surface area contributed by atoms with Crippen molar-refractivity contribution < 1.29 is 24.2 Å². The van der Waals surface area contributed by atoms with E-state index in [1.807, 2.05) is 12.3 Å². The van der Waals surface area contributed by atoms with Crippen molar-refractivity contribution in [1.29, 1.82) is 0 Å². The van der Waals surface area contributed by atoms with Crippen LogP contribution >= 0.6 is 11.8 Å². The highest BCUT2D eigenvalue weighted by molar-refractivity contribution is 7.98. The van der Waals surface area contributed by atoms with Crippen molar-refractivity contribution in [1.82, 2.24) is 0 Å². The van der Waals surface area contributed by atoms with Crippen molar-refractivity contribution in [3.63, 3.8) is 0 Å². The number of carboxylic acids is 1. The SMILES string of the molecule is COc1cc(C(=O)/C=C/c2cccc(OC(C)C(=O)O)c2)ccc1SC. The molecule has 0 spiro atoms. The molecule has 1 atom stereocenters. The molecular formula is C20H20O5S. The second kappa shape index (κ2) is 9.10. The number of carbonyl (C=O) groups excluding carboxylic acids is 1. The van der Waals surface area contributed by atoms with Crippen LogP contribution in [0.25, 0.3) is 6.08 Å². The number of allylic oxidation sites excluding steroid dienone is 1. The first-order valence-electron chi connectivity index (χ1n) is 7.88. The lowest BCUT2D eigenvalue weighted by atomic mass is 10.1. The van der Waals surface area contributed by atoms with Crippen LogP contribution in [-0.2, 0) is 4.79 Å². The van der Waals surface area contributed by atoms with E-state index in [4.69, 9.17) is 14.6 Å². The van der Waals surface area contributed by atoms with E-state index in [0.717, 1.165) is 10.5 Å². The molecule has 0 amide bonds. The maximum atomic E-state index is 12.4. The number of rotatable bonds is 8. The lowest BCUT2D eigenvalue weighted by molar-refractivity contribution is -0.144. The zero-order chi connectivity index (χ0) is 19.1. The number of carbonyl (C=O) groups is 2. The van der Waals surface area contributed by atoms with E-state index in [9.17, 15) is 9.59 Å². The summed E-state index contributed by atoms with van der Waals surface area (Å²) in [6.45, 7) is 1.46. The topological polar surface area (TPSA) is 72.8 Å². The molecule has 0 saturated carbocycles. The highest BCUT2D eigenvalue weighted by atomic mass is 32.2. The molecule has 0 radical (unpaired) electrons. The number of ketones is 1. The fourth-order valence-electron chi connectivity index (χ4n) is 2.20. The molecule has 0 bridgehead atoms. The van der Waals surface area contributed by atoms with Gasteiger partial charge in [0.1, 0.15) is 11.5 Å². The van der Waals surface area contributed by atoms with Gasteiger partial charge in [0.25, 0.3) is 0 Å². The number of methoxy groups -OCH3 is 1. The minimum absolute atomic E-state index is 0.152. The fourth-order valence-corrected chi connectivity index (χ4v) is 2.75. The van der Waals surface area contributed by atoms with Crippen LogP contribution in [0.4, 0.5) is 0 Å². The Bertz CT molecular complexity index is 829. The molecule has 2 rings (SSSR count). The highest BCUT2D eigenvalue weighted by Gasteiger charge is 2.12. The monoisotopic (exact) mass is 372 g/mol. The van der Waals surface area contributed by atoms with Gasteiger partial charge >= 0.3 is 5.97 Å². The van der Waals surface area contributed by atoms with Crippen LogP contribution in [0.15, 0.2) is 53.4 Å². The summed E-state index contributed by atoms with van der Waals surface area (Å²) in [6, 6.07) is 12.2. The fraction of sp³-hybridized carbons (Fsp3) is 0.200. The molecule has 1 unspecified atom stereocenters. The molecule has 1 N–H and O–H groups in total. The van der Waals surface area contributed by atoms with Crippen molar-refractivity contribution in [2.24, 2.45) is 0 Å². The molecule has 26 heavy (non-hydrogen) atoms. The maximum Gasteiger partial charge on any atom is 0.344 e. The van der Waals surface area contributed by atoms with Gasteiger partial charge in [-0.1, -0.05) is 18.2 Å². The Morgan fingerprint density at radius 3 is 2.62 bits per heavy atom. The summed E-state index contributed by atoms with van der Waals surface area (Å²) in [6.07, 6.45) is 4.13. The lowest BCUT2D eigenvalue weighted by Gasteiger charge is -2.10. The molecule has 0 saturated heterocycles. The first-order chi connectivity index (χ1) is 12.4. The molecule has 0 fully saturated rings. The van der Waals surface area contributed by atoms with Crippen LogP contribution in [0.5, 0.6) is 11.5 Å². The third kappa shape index (κ3) is 5.13. The normalized spacial score (nSPS) is 12.0. The average molecular weight is 372 g/mol. The van der Waals surface area contributed by atoms with Gasteiger partial charge in [-0.25, -0.2) is 4.79 Å². The zero-order valence-corrected chi connectivity index (χ0v) is 15.6. The molecule has 0 heterocycles. The minimum atomic E-state index is -1.04. The Morgan fingerprint density at radius 2 is 1.96 bits per heavy atom. The van der Waals surface area contributed by atoms with Gasteiger partial charge < -0.3 is 14.6 Å². The molecular weight excluding hydrogens is 352 g/mol. The van der Waals surface area contributed by atoms with Crippen molar-refractivity contribution in [2.45, 2.75) is 17.9 Å². The van der Waals surface area contributed by atoms with Gasteiger partial charge in [-0.2, -0.15) is 0 Å². The van der Waals surface area contributed by atoms with Gasteiger partial charge in [-0.05, 0) is 55.2 Å². The summed E-state index contributed by atoms with van der Waals surface area (Å²) in [5, 5.41) is 8.90. The van der Waals surface area contributed by atoms with E-state index in [2.05, 4.69) is 0 Å². The molecule has 0 aliphatic heterocycles. The highest BCUT2D eigenvalue weighted by Crippen LogP contribution is 2.28. The van der Waals surface area contributed by atoms with Crippen LogP contribution in [0.2, 0.25) is 0 Å².